The summed E-state index contributed by atoms with van der Waals surface area (Å²) in [5.41, 5.74) is 4.62. The van der Waals surface area contributed by atoms with Crippen molar-refractivity contribution in [3.8, 4) is 0 Å². The summed E-state index contributed by atoms with van der Waals surface area (Å²) in [7, 11) is 0. The molecule has 0 aromatic heterocycles. The van der Waals surface area contributed by atoms with Gasteiger partial charge in [0.2, 0.25) is 0 Å². The fourth-order valence-corrected chi connectivity index (χ4v) is 4.61. The van der Waals surface area contributed by atoms with Crippen molar-refractivity contribution in [2.45, 2.75) is 25.0 Å². The van der Waals surface area contributed by atoms with Crippen LogP contribution in [0.2, 0.25) is 0 Å². The molecule has 0 saturated carbocycles. The Balaban J connectivity index is 1.58. The van der Waals surface area contributed by atoms with E-state index < -0.39 is 11.6 Å². The number of hydrogen-bond acceptors (Lipinski definition) is 4. The molecule has 3 aliphatic rings. The molecule has 2 aromatic carbocycles. The average Bonchev–Trinajstić information content (AvgIpc) is 2.81. The third-order valence-electron chi connectivity index (χ3n) is 5.69. The summed E-state index contributed by atoms with van der Waals surface area (Å²) in [6, 6.07) is 8.06. The van der Waals surface area contributed by atoms with Gasteiger partial charge >= 0.3 is 0 Å². The first kappa shape index (κ1) is 16.0. The Kier molecular flexibility index (Phi) is 3.83. The second-order valence-electron chi connectivity index (χ2n) is 7.23. The van der Waals surface area contributed by atoms with E-state index in [4.69, 9.17) is 4.74 Å². The number of benzene rings is 2. The minimum Gasteiger partial charge on any atom is -0.375 e. The lowest BCUT2D eigenvalue weighted by atomic mass is 9.89. The van der Waals surface area contributed by atoms with Gasteiger partial charge in [-0.15, -0.1) is 0 Å². The van der Waals surface area contributed by atoms with Crippen molar-refractivity contribution < 1.29 is 13.5 Å². The number of nitrogens with one attached hydrogen (secondary N) is 2. The molecule has 4 nitrogen and oxygen atoms in total. The molecule has 1 saturated heterocycles. The zero-order chi connectivity index (χ0) is 17.7. The van der Waals surface area contributed by atoms with Crippen molar-refractivity contribution in [3.63, 3.8) is 0 Å². The summed E-state index contributed by atoms with van der Waals surface area (Å²) in [5, 5.41) is 6.56. The van der Waals surface area contributed by atoms with Crippen molar-refractivity contribution in [1.29, 1.82) is 0 Å². The number of rotatable bonds is 2. The van der Waals surface area contributed by atoms with Crippen LogP contribution >= 0.6 is 0 Å². The first-order valence-electron chi connectivity index (χ1n) is 9.15. The molecule has 2 N–H and O–H groups in total. The molecular weight excluding hydrogens is 336 g/mol. The van der Waals surface area contributed by atoms with Gasteiger partial charge in [-0.25, -0.2) is 8.78 Å². The molecule has 0 amide bonds. The van der Waals surface area contributed by atoms with Gasteiger partial charge in [0.05, 0.1) is 18.9 Å². The number of halogens is 2. The van der Waals surface area contributed by atoms with E-state index in [1.54, 1.807) is 0 Å². The van der Waals surface area contributed by atoms with Gasteiger partial charge in [-0.05, 0) is 42.8 Å². The molecular formula is C20H21F2N3O. The summed E-state index contributed by atoms with van der Waals surface area (Å²) in [4.78, 5) is 2.50. The first-order valence-corrected chi connectivity index (χ1v) is 9.15. The zero-order valence-corrected chi connectivity index (χ0v) is 14.4. The molecule has 1 fully saturated rings. The van der Waals surface area contributed by atoms with Crippen LogP contribution in [0.5, 0.6) is 0 Å². The number of ether oxygens (including phenoxy) is 1. The smallest absolute Gasteiger partial charge is 0.146 e. The largest absolute Gasteiger partial charge is 0.375 e. The van der Waals surface area contributed by atoms with E-state index in [-0.39, 0.29) is 5.69 Å². The Hall–Kier alpha value is -2.18. The van der Waals surface area contributed by atoms with Gasteiger partial charge in [-0.2, -0.15) is 0 Å². The van der Waals surface area contributed by atoms with E-state index in [9.17, 15) is 8.78 Å². The maximum atomic E-state index is 14.0. The summed E-state index contributed by atoms with van der Waals surface area (Å²) in [6.45, 7) is 4.15. The molecule has 2 aromatic rings. The van der Waals surface area contributed by atoms with Gasteiger partial charge in [0.25, 0.3) is 0 Å². The van der Waals surface area contributed by atoms with Gasteiger partial charge < -0.3 is 20.3 Å². The normalized spacial score (nSPS) is 24.0. The molecule has 0 bridgehead atoms. The second kappa shape index (κ2) is 6.21. The van der Waals surface area contributed by atoms with Crippen LogP contribution in [0.15, 0.2) is 30.3 Å². The SMILES string of the molecule is Fc1ccc(F)c(Nc2cc3c4c(c2)[C@@H]2CNCC[C@@H]2N4CCOC3)c1. The lowest BCUT2D eigenvalue weighted by Crippen LogP contribution is -2.44. The van der Waals surface area contributed by atoms with Crippen LogP contribution in [0.25, 0.3) is 0 Å². The van der Waals surface area contributed by atoms with Crippen LogP contribution in [0, 0.1) is 11.6 Å². The van der Waals surface area contributed by atoms with Crippen LogP contribution in [-0.4, -0.2) is 32.3 Å². The molecule has 6 heteroatoms. The van der Waals surface area contributed by atoms with E-state index in [1.165, 1.54) is 17.3 Å². The summed E-state index contributed by atoms with van der Waals surface area (Å²) < 4.78 is 33.3. The van der Waals surface area contributed by atoms with Crippen LogP contribution in [0.3, 0.4) is 0 Å². The number of hydrogen-bond donors (Lipinski definition) is 2. The predicted octanol–water partition coefficient (Wildman–Crippen LogP) is 3.50. The van der Waals surface area contributed by atoms with Crippen molar-refractivity contribution in [2.75, 3.05) is 36.5 Å². The first-order chi connectivity index (χ1) is 12.7. The number of nitrogens with zero attached hydrogens (tertiary/aromatic N) is 1. The predicted molar refractivity (Wildman–Crippen MR) is 97.1 cm³/mol. The quantitative estimate of drug-likeness (QED) is 0.863. The van der Waals surface area contributed by atoms with Gasteiger partial charge in [-0.3, -0.25) is 0 Å². The van der Waals surface area contributed by atoms with Gasteiger partial charge in [0.1, 0.15) is 11.6 Å². The molecule has 0 unspecified atom stereocenters. The molecule has 0 spiro atoms. The van der Waals surface area contributed by atoms with E-state index in [1.807, 2.05) is 6.07 Å². The summed E-state index contributed by atoms with van der Waals surface area (Å²) in [5.74, 6) is -0.498. The highest BCUT2D eigenvalue weighted by molar-refractivity contribution is 5.74. The standard InChI is InChI=1S/C20H21F2N3O/c21-13-1-2-17(22)18(8-13)24-14-7-12-11-26-6-5-25-19-3-4-23-10-16(19)15(9-14)20(12)25/h1-2,7-9,16,19,23-24H,3-6,10-11H2/t16-,19-/m0/s1. The fourth-order valence-electron chi connectivity index (χ4n) is 4.61. The maximum absolute atomic E-state index is 14.0. The van der Waals surface area contributed by atoms with Crippen LogP contribution in [0.4, 0.5) is 25.8 Å². The van der Waals surface area contributed by atoms with Gasteiger partial charge in [0, 0.05) is 48.1 Å². The Labute approximate surface area is 151 Å². The lowest BCUT2D eigenvalue weighted by Gasteiger charge is -2.33. The summed E-state index contributed by atoms with van der Waals surface area (Å²) >= 11 is 0. The Morgan fingerprint density at radius 1 is 1.19 bits per heavy atom. The van der Waals surface area contributed by atoms with Crippen LogP contribution in [-0.2, 0) is 11.3 Å². The minimum absolute atomic E-state index is 0.153. The monoisotopic (exact) mass is 357 g/mol. The maximum Gasteiger partial charge on any atom is 0.146 e. The van der Waals surface area contributed by atoms with Crippen molar-refractivity contribution in [2.24, 2.45) is 0 Å². The topological polar surface area (TPSA) is 36.5 Å². The molecule has 0 radical (unpaired) electrons. The van der Waals surface area contributed by atoms with Gasteiger partial charge in [-0.1, -0.05) is 0 Å². The second-order valence-corrected chi connectivity index (χ2v) is 7.23. The Morgan fingerprint density at radius 2 is 2.12 bits per heavy atom. The highest BCUT2D eigenvalue weighted by Crippen LogP contribution is 2.47. The van der Waals surface area contributed by atoms with E-state index in [0.29, 0.717) is 25.2 Å². The zero-order valence-electron chi connectivity index (χ0n) is 14.4. The summed E-state index contributed by atoms with van der Waals surface area (Å²) in [6.07, 6.45) is 1.11. The molecule has 0 aliphatic carbocycles. The molecule has 2 atom stereocenters. The minimum atomic E-state index is -0.465. The molecule has 26 heavy (non-hydrogen) atoms. The highest BCUT2D eigenvalue weighted by Gasteiger charge is 2.41. The van der Waals surface area contributed by atoms with E-state index in [2.05, 4.69) is 21.6 Å². The third kappa shape index (κ3) is 2.56. The lowest BCUT2D eigenvalue weighted by molar-refractivity contribution is 0.130. The number of piperidine rings is 1. The van der Waals surface area contributed by atoms with Gasteiger partial charge in [0.15, 0.2) is 0 Å². The number of anilines is 3. The van der Waals surface area contributed by atoms with Crippen molar-refractivity contribution in [1.82, 2.24) is 5.32 Å². The Morgan fingerprint density at radius 3 is 3.04 bits per heavy atom. The molecule has 136 valence electrons. The molecule has 3 aliphatic heterocycles. The third-order valence-corrected chi connectivity index (χ3v) is 5.69. The average molecular weight is 357 g/mol. The fraction of sp³-hybridized carbons (Fsp3) is 0.400. The molecule has 5 rings (SSSR count). The van der Waals surface area contributed by atoms with E-state index in [0.717, 1.165) is 49.4 Å². The number of fused-ring (bicyclic) bond motifs is 3. The van der Waals surface area contributed by atoms with E-state index >= 15 is 0 Å². The van der Waals surface area contributed by atoms with Crippen molar-refractivity contribution in [3.05, 3.63) is 53.1 Å². The molecule has 3 heterocycles. The van der Waals surface area contributed by atoms with Crippen LogP contribution in [0.1, 0.15) is 23.5 Å². The Bertz CT molecular complexity index is 857. The highest BCUT2D eigenvalue weighted by atomic mass is 19.1. The van der Waals surface area contributed by atoms with Crippen LogP contribution < -0.4 is 15.5 Å². The van der Waals surface area contributed by atoms with Crippen molar-refractivity contribution >= 4 is 17.1 Å².